The number of carboxylic acids is 1. The molecule has 9 nitrogen and oxygen atoms in total. The molecule has 3 rings (SSSR count). The lowest BCUT2D eigenvalue weighted by molar-refractivity contribution is -0.143. The number of pyridine rings is 1. The second-order valence-electron chi connectivity index (χ2n) is 7.34. The molecule has 0 amide bonds. The zero-order valence-corrected chi connectivity index (χ0v) is 15.0. The molecule has 2 aromatic heterocycles. The van der Waals surface area contributed by atoms with Gasteiger partial charge in [0.2, 0.25) is 0 Å². The van der Waals surface area contributed by atoms with E-state index >= 15 is 0 Å². The summed E-state index contributed by atoms with van der Waals surface area (Å²) in [4.78, 5) is 18.5. The molecule has 0 aliphatic carbocycles. The van der Waals surface area contributed by atoms with Crippen molar-refractivity contribution in [1.82, 2.24) is 25.6 Å². The molecule has 0 spiro atoms. The van der Waals surface area contributed by atoms with Crippen LogP contribution in [0, 0.1) is 11.8 Å². The summed E-state index contributed by atoms with van der Waals surface area (Å²) in [5, 5.41) is 23.9. The summed E-state index contributed by atoms with van der Waals surface area (Å²) >= 11 is 0. The van der Waals surface area contributed by atoms with Gasteiger partial charge in [-0.05, 0) is 30.4 Å². The Hall–Kier alpha value is -2.55. The van der Waals surface area contributed by atoms with Gasteiger partial charge in [0.15, 0.2) is 5.82 Å². The fourth-order valence-electron chi connectivity index (χ4n) is 3.36. The summed E-state index contributed by atoms with van der Waals surface area (Å²) in [6, 6.07) is 4.15. The van der Waals surface area contributed by atoms with Crippen LogP contribution in [0.1, 0.15) is 37.6 Å². The number of rotatable bonds is 8. The number of nitrogens with two attached hydrogens (primary N) is 1. The largest absolute Gasteiger partial charge is 0.481 e. The maximum absolute atomic E-state index is 11.9. The Morgan fingerprint density at radius 2 is 2.19 bits per heavy atom. The van der Waals surface area contributed by atoms with Crippen molar-refractivity contribution in [3.8, 4) is 0 Å². The molecule has 4 N–H and O–H groups in total. The quantitative estimate of drug-likeness (QED) is 0.630. The van der Waals surface area contributed by atoms with Crippen molar-refractivity contribution in [2.45, 2.75) is 38.6 Å². The predicted octanol–water partition coefficient (Wildman–Crippen LogP) is 0.815. The van der Waals surface area contributed by atoms with Crippen molar-refractivity contribution in [3.05, 3.63) is 29.7 Å². The molecule has 2 atom stereocenters. The van der Waals surface area contributed by atoms with Crippen LogP contribution >= 0.6 is 0 Å². The number of hydrogen-bond acceptors (Lipinski definition) is 7. The number of aromatic amines is 1. The highest BCUT2D eigenvalue weighted by molar-refractivity contribution is 5.71. The summed E-state index contributed by atoms with van der Waals surface area (Å²) in [7, 11) is 0. The lowest BCUT2D eigenvalue weighted by Crippen LogP contribution is -2.56. The van der Waals surface area contributed by atoms with Crippen molar-refractivity contribution >= 4 is 11.8 Å². The molecule has 2 unspecified atom stereocenters. The van der Waals surface area contributed by atoms with E-state index in [0.29, 0.717) is 18.7 Å². The van der Waals surface area contributed by atoms with Gasteiger partial charge in [-0.15, -0.1) is 10.2 Å². The van der Waals surface area contributed by atoms with Crippen LogP contribution in [0.4, 0.5) is 5.82 Å². The molecule has 1 saturated heterocycles. The second kappa shape index (κ2) is 7.77. The SMILES string of the molecule is CC(C)CC(C(=O)O)C(Cc1ccc(N2CC(N)C2)nc1)c1nn[nH]n1. The first-order chi connectivity index (χ1) is 12.4. The highest BCUT2D eigenvalue weighted by Gasteiger charge is 2.33. The van der Waals surface area contributed by atoms with E-state index in [1.807, 2.05) is 26.0 Å². The van der Waals surface area contributed by atoms with Gasteiger partial charge in [0, 0.05) is 31.2 Å². The van der Waals surface area contributed by atoms with Crippen LogP contribution in [0.15, 0.2) is 18.3 Å². The smallest absolute Gasteiger partial charge is 0.307 e. The van der Waals surface area contributed by atoms with Crippen molar-refractivity contribution < 1.29 is 9.90 Å². The van der Waals surface area contributed by atoms with Gasteiger partial charge in [0.1, 0.15) is 5.82 Å². The maximum atomic E-state index is 11.9. The molecule has 1 aliphatic heterocycles. The topological polar surface area (TPSA) is 134 Å². The van der Waals surface area contributed by atoms with Gasteiger partial charge in [-0.3, -0.25) is 4.79 Å². The van der Waals surface area contributed by atoms with Gasteiger partial charge >= 0.3 is 5.97 Å². The monoisotopic (exact) mass is 359 g/mol. The Kier molecular flexibility index (Phi) is 5.46. The Morgan fingerprint density at radius 3 is 2.69 bits per heavy atom. The van der Waals surface area contributed by atoms with Gasteiger partial charge in [-0.1, -0.05) is 25.1 Å². The molecule has 3 heterocycles. The van der Waals surface area contributed by atoms with Gasteiger partial charge in [0.05, 0.1) is 5.92 Å². The van der Waals surface area contributed by atoms with Crippen LogP contribution in [0.5, 0.6) is 0 Å². The fourth-order valence-corrected chi connectivity index (χ4v) is 3.36. The first-order valence-corrected chi connectivity index (χ1v) is 8.85. The third kappa shape index (κ3) is 4.16. The number of anilines is 1. The molecule has 140 valence electrons. The summed E-state index contributed by atoms with van der Waals surface area (Å²) in [5.74, 6) is -0.215. The second-order valence-corrected chi connectivity index (χ2v) is 7.34. The van der Waals surface area contributed by atoms with Gasteiger partial charge < -0.3 is 15.7 Å². The summed E-state index contributed by atoms with van der Waals surface area (Å²) in [6.45, 7) is 5.65. The van der Waals surface area contributed by atoms with E-state index in [1.165, 1.54) is 0 Å². The third-order valence-electron chi connectivity index (χ3n) is 4.72. The average molecular weight is 359 g/mol. The van der Waals surface area contributed by atoms with Crippen molar-refractivity contribution in [2.75, 3.05) is 18.0 Å². The average Bonchev–Trinajstić information content (AvgIpc) is 3.10. The van der Waals surface area contributed by atoms with Crippen molar-refractivity contribution in [1.29, 1.82) is 0 Å². The molecule has 26 heavy (non-hydrogen) atoms. The summed E-state index contributed by atoms with van der Waals surface area (Å²) in [5.41, 5.74) is 6.76. The number of nitrogens with zero attached hydrogens (tertiary/aromatic N) is 5. The van der Waals surface area contributed by atoms with E-state index in [1.54, 1.807) is 6.20 Å². The summed E-state index contributed by atoms with van der Waals surface area (Å²) in [6.07, 6.45) is 2.84. The van der Waals surface area contributed by atoms with Crippen LogP contribution in [0.25, 0.3) is 0 Å². The number of nitrogens with one attached hydrogen (secondary N) is 1. The molecule has 0 aromatic carbocycles. The number of hydrogen-bond donors (Lipinski definition) is 3. The number of carboxylic acid groups (broad SMARTS) is 1. The zero-order chi connectivity index (χ0) is 18.7. The van der Waals surface area contributed by atoms with Crippen LogP contribution in [-0.2, 0) is 11.2 Å². The Bertz CT molecular complexity index is 711. The van der Waals surface area contributed by atoms with Crippen LogP contribution < -0.4 is 10.6 Å². The number of aliphatic carboxylic acids is 1. The van der Waals surface area contributed by atoms with Gasteiger partial charge in [-0.2, -0.15) is 5.21 Å². The van der Waals surface area contributed by atoms with E-state index in [9.17, 15) is 9.90 Å². The van der Waals surface area contributed by atoms with Crippen LogP contribution in [-0.4, -0.2) is 55.8 Å². The molecule has 0 bridgehead atoms. The molecule has 9 heteroatoms. The number of carbonyl (C=O) groups is 1. The van der Waals surface area contributed by atoms with E-state index in [2.05, 4.69) is 30.5 Å². The van der Waals surface area contributed by atoms with Crippen molar-refractivity contribution in [3.63, 3.8) is 0 Å². The minimum absolute atomic E-state index is 0.214. The summed E-state index contributed by atoms with van der Waals surface area (Å²) < 4.78 is 0. The van der Waals surface area contributed by atoms with Crippen LogP contribution in [0.3, 0.4) is 0 Å². The Balaban J connectivity index is 1.78. The number of aromatic nitrogens is 5. The molecule has 1 fully saturated rings. The minimum atomic E-state index is -0.840. The standard InChI is InChI=1S/C17H25N7O2/c1-10(2)5-14(17(25)26)13(16-20-22-23-21-16)6-11-3-4-15(19-7-11)24-8-12(18)9-24/h3-4,7,10,12-14H,5-6,8-9,18H2,1-2H3,(H,25,26)(H,20,21,22,23). The lowest BCUT2D eigenvalue weighted by atomic mass is 9.81. The minimum Gasteiger partial charge on any atom is -0.481 e. The van der Waals surface area contributed by atoms with Crippen LogP contribution in [0.2, 0.25) is 0 Å². The van der Waals surface area contributed by atoms with E-state index < -0.39 is 11.9 Å². The molecular weight excluding hydrogens is 334 g/mol. The van der Waals surface area contributed by atoms with Gasteiger partial charge in [0.25, 0.3) is 0 Å². The van der Waals surface area contributed by atoms with E-state index in [4.69, 9.17) is 5.73 Å². The molecular formula is C17H25N7O2. The Labute approximate surface area is 152 Å². The maximum Gasteiger partial charge on any atom is 0.307 e. The first kappa shape index (κ1) is 18.2. The van der Waals surface area contributed by atoms with E-state index in [-0.39, 0.29) is 17.9 Å². The normalized spacial score (nSPS) is 17.2. The van der Waals surface area contributed by atoms with Crippen molar-refractivity contribution in [2.24, 2.45) is 17.6 Å². The number of H-pyrrole nitrogens is 1. The molecule has 1 aliphatic rings. The molecule has 0 saturated carbocycles. The first-order valence-electron chi connectivity index (χ1n) is 8.85. The zero-order valence-electron chi connectivity index (χ0n) is 15.0. The predicted molar refractivity (Wildman–Crippen MR) is 95.6 cm³/mol. The third-order valence-corrected chi connectivity index (χ3v) is 4.72. The molecule has 2 aromatic rings. The van der Waals surface area contributed by atoms with Gasteiger partial charge in [-0.25, -0.2) is 4.98 Å². The fraction of sp³-hybridized carbons (Fsp3) is 0.588. The Morgan fingerprint density at radius 1 is 1.42 bits per heavy atom. The molecule has 0 radical (unpaired) electrons. The van der Waals surface area contributed by atoms with E-state index in [0.717, 1.165) is 24.5 Å². The highest BCUT2D eigenvalue weighted by atomic mass is 16.4. The number of tetrazole rings is 1. The lowest BCUT2D eigenvalue weighted by Gasteiger charge is -2.37. The highest BCUT2D eigenvalue weighted by Crippen LogP contribution is 2.31.